The van der Waals surface area contributed by atoms with Crippen LogP contribution in [0.5, 0.6) is 0 Å². The summed E-state index contributed by atoms with van der Waals surface area (Å²) in [6.07, 6.45) is 0.647. The highest BCUT2D eigenvalue weighted by atomic mass is 35.5. The van der Waals surface area contributed by atoms with E-state index in [4.69, 9.17) is 5.73 Å². The average molecular weight is 279 g/mol. The monoisotopic (exact) mass is 278 g/mol. The van der Waals surface area contributed by atoms with E-state index in [9.17, 15) is 8.42 Å². The van der Waals surface area contributed by atoms with Gasteiger partial charge in [0.15, 0.2) is 0 Å². The first-order chi connectivity index (χ1) is 7.49. The molecule has 1 atom stereocenters. The normalized spacial score (nSPS) is 12.8. The van der Waals surface area contributed by atoms with Gasteiger partial charge in [0.25, 0.3) is 0 Å². The Morgan fingerprint density at radius 2 is 1.88 bits per heavy atom. The molecule has 0 aromatic heterocycles. The molecular formula is C11H19ClN2O2S. The van der Waals surface area contributed by atoms with Crippen molar-refractivity contribution in [3.63, 3.8) is 0 Å². The minimum atomic E-state index is -3.24. The second-order valence-corrected chi connectivity index (χ2v) is 5.71. The number of nitrogens with two attached hydrogens (primary N) is 1. The molecule has 6 heteroatoms. The summed E-state index contributed by atoms with van der Waals surface area (Å²) in [4.78, 5) is 0. The minimum absolute atomic E-state index is 0. The Hall–Kier alpha value is -0.620. The fourth-order valence-corrected chi connectivity index (χ4v) is 2.45. The molecule has 0 aliphatic carbocycles. The quantitative estimate of drug-likeness (QED) is 0.823. The highest BCUT2D eigenvalue weighted by Crippen LogP contribution is 2.03. The Balaban J connectivity index is 0.00000256. The molecular weight excluding hydrogens is 260 g/mol. The Kier molecular flexibility index (Phi) is 7.38. The molecule has 0 amide bonds. The van der Waals surface area contributed by atoms with Crippen molar-refractivity contribution in [3.05, 3.63) is 35.9 Å². The molecule has 0 saturated heterocycles. The van der Waals surface area contributed by atoms with Crippen molar-refractivity contribution in [2.75, 3.05) is 6.54 Å². The Morgan fingerprint density at radius 3 is 2.41 bits per heavy atom. The Labute approximate surface area is 109 Å². The van der Waals surface area contributed by atoms with Gasteiger partial charge in [-0.2, -0.15) is 0 Å². The van der Waals surface area contributed by atoms with Gasteiger partial charge in [-0.25, -0.2) is 13.1 Å². The molecule has 98 valence electrons. The van der Waals surface area contributed by atoms with E-state index < -0.39 is 10.0 Å². The van der Waals surface area contributed by atoms with Crippen LogP contribution >= 0.6 is 12.4 Å². The summed E-state index contributed by atoms with van der Waals surface area (Å²) in [5, 5.41) is 0. The predicted molar refractivity (Wildman–Crippen MR) is 72.6 cm³/mol. The molecule has 1 aromatic carbocycles. The van der Waals surface area contributed by atoms with Crippen molar-refractivity contribution in [2.24, 2.45) is 5.73 Å². The summed E-state index contributed by atoms with van der Waals surface area (Å²) in [5.74, 6) is 0.0206. The zero-order chi connectivity index (χ0) is 12.0. The molecule has 0 radical (unpaired) electrons. The van der Waals surface area contributed by atoms with Crippen LogP contribution in [0.4, 0.5) is 0 Å². The molecule has 1 rings (SSSR count). The summed E-state index contributed by atoms with van der Waals surface area (Å²) in [6, 6.07) is 9.12. The predicted octanol–water partition coefficient (Wildman–Crippen LogP) is 1.27. The summed E-state index contributed by atoms with van der Waals surface area (Å²) in [7, 11) is -3.24. The number of nitrogens with one attached hydrogen (secondary N) is 1. The minimum Gasteiger partial charge on any atom is -0.328 e. The van der Waals surface area contributed by atoms with E-state index in [0.717, 1.165) is 5.56 Å². The van der Waals surface area contributed by atoms with E-state index in [2.05, 4.69) is 4.72 Å². The van der Waals surface area contributed by atoms with Crippen LogP contribution in [0.15, 0.2) is 30.3 Å². The van der Waals surface area contributed by atoms with Gasteiger partial charge in [-0.15, -0.1) is 12.4 Å². The molecule has 0 aliphatic heterocycles. The first kappa shape index (κ1) is 16.4. The highest BCUT2D eigenvalue weighted by Gasteiger charge is 2.10. The van der Waals surface area contributed by atoms with E-state index in [1.165, 1.54) is 0 Å². The van der Waals surface area contributed by atoms with Crippen molar-refractivity contribution >= 4 is 22.4 Å². The maximum Gasteiger partial charge on any atom is 0.215 e. The smallest absolute Gasteiger partial charge is 0.215 e. The van der Waals surface area contributed by atoms with Crippen LogP contribution in [0.3, 0.4) is 0 Å². The van der Waals surface area contributed by atoms with Gasteiger partial charge in [0.2, 0.25) is 10.0 Å². The molecule has 0 bridgehead atoms. The van der Waals surface area contributed by atoms with Crippen molar-refractivity contribution in [2.45, 2.75) is 25.1 Å². The Bertz CT molecular complexity index is 407. The van der Waals surface area contributed by atoms with E-state index >= 15 is 0 Å². The number of rotatable bonds is 6. The molecule has 17 heavy (non-hydrogen) atoms. The van der Waals surface area contributed by atoms with Crippen LogP contribution in [0.1, 0.15) is 18.9 Å². The van der Waals surface area contributed by atoms with Crippen LogP contribution in [-0.4, -0.2) is 21.0 Å². The van der Waals surface area contributed by atoms with E-state index in [-0.39, 0.29) is 24.2 Å². The number of hydrogen-bond donors (Lipinski definition) is 2. The molecule has 0 aliphatic rings. The maximum atomic E-state index is 11.6. The van der Waals surface area contributed by atoms with Gasteiger partial charge < -0.3 is 5.73 Å². The lowest BCUT2D eigenvalue weighted by molar-refractivity contribution is 0.571. The SMILES string of the molecule is CC(N)CCNS(=O)(=O)Cc1ccccc1.Cl. The first-order valence-electron chi connectivity index (χ1n) is 5.26. The standard InChI is InChI=1S/C11H18N2O2S.ClH/c1-10(12)7-8-13-16(14,15)9-11-5-3-2-4-6-11;/h2-6,10,13H,7-9,12H2,1H3;1H. The lowest BCUT2D eigenvalue weighted by Gasteiger charge is -2.08. The summed E-state index contributed by atoms with van der Waals surface area (Å²) in [5.41, 5.74) is 6.33. The van der Waals surface area contributed by atoms with E-state index in [1.54, 1.807) is 12.1 Å². The molecule has 1 unspecified atom stereocenters. The molecule has 4 nitrogen and oxygen atoms in total. The van der Waals surface area contributed by atoms with Gasteiger partial charge >= 0.3 is 0 Å². The third kappa shape index (κ3) is 7.33. The summed E-state index contributed by atoms with van der Waals surface area (Å²) in [6.45, 7) is 2.25. The van der Waals surface area contributed by atoms with Crippen LogP contribution in [0.2, 0.25) is 0 Å². The molecule has 0 fully saturated rings. The van der Waals surface area contributed by atoms with Gasteiger partial charge in [0, 0.05) is 12.6 Å². The topological polar surface area (TPSA) is 72.2 Å². The molecule has 0 heterocycles. The molecule has 1 aromatic rings. The molecule has 3 N–H and O–H groups in total. The fraction of sp³-hybridized carbons (Fsp3) is 0.455. The molecule has 0 saturated carbocycles. The van der Waals surface area contributed by atoms with Crippen molar-refractivity contribution in [3.8, 4) is 0 Å². The second-order valence-electron chi connectivity index (χ2n) is 3.90. The lowest BCUT2D eigenvalue weighted by atomic mass is 10.2. The highest BCUT2D eigenvalue weighted by molar-refractivity contribution is 7.88. The summed E-state index contributed by atoms with van der Waals surface area (Å²) >= 11 is 0. The van der Waals surface area contributed by atoms with E-state index in [0.29, 0.717) is 13.0 Å². The fourth-order valence-electron chi connectivity index (χ4n) is 1.29. The first-order valence-corrected chi connectivity index (χ1v) is 6.92. The third-order valence-corrected chi connectivity index (χ3v) is 3.48. The maximum absolute atomic E-state index is 11.6. The lowest BCUT2D eigenvalue weighted by Crippen LogP contribution is -2.29. The number of halogens is 1. The van der Waals surface area contributed by atoms with Crippen molar-refractivity contribution in [1.82, 2.24) is 4.72 Å². The van der Waals surface area contributed by atoms with Gasteiger partial charge in [-0.05, 0) is 18.9 Å². The number of hydrogen-bond acceptors (Lipinski definition) is 3. The van der Waals surface area contributed by atoms with Crippen molar-refractivity contribution in [1.29, 1.82) is 0 Å². The van der Waals surface area contributed by atoms with E-state index in [1.807, 2.05) is 25.1 Å². The van der Waals surface area contributed by atoms with Gasteiger partial charge in [-0.1, -0.05) is 30.3 Å². The van der Waals surface area contributed by atoms with Crippen LogP contribution in [0, 0.1) is 0 Å². The number of sulfonamides is 1. The third-order valence-electron chi connectivity index (χ3n) is 2.12. The van der Waals surface area contributed by atoms with Crippen LogP contribution in [0.25, 0.3) is 0 Å². The summed E-state index contributed by atoms with van der Waals surface area (Å²) < 4.78 is 25.8. The van der Waals surface area contributed by atoms with Crippen LogP contribution < -0.4 is 10.5 Å². The average Bonchev–Trinajstić information content (AvgIpc) is 2.17. The second kappa shape index (κ2) is 7.66. The number of benzene rings is 1. The largest absolute Gasteiger partial charge is 0.328 e. The van der Waals surface area contributed by atoms with Gasteiger partial charge in [-0.3, -0.25) is 0 Å². The zero-order valence-electron chi connectivity index (χ0n) is 9.80. The van der Waals surface area contributed by atoms with Crippen LogP contribution in [-0.2, 0) is 15.8 Å². The molecule has 0 spiro atoms. The van der Waals surface area contributed by atoms with Gasteiger partial charge in [0.05, 0.1) is 5.75 Å². The Morgan fingerprint density at radius 1 is 1.29 bits per heavy atom. The van der Waals surface area contributed by atoms with Crippen molar-refractivity contribution < 1.29 is 8.42 Å². The van der Waals surface area contributed by atoms with Gasteiger partial charge in [0.1, 0.15) is 0 Å². The zero-order valence-corrected chi connectivity index (χ0v) is 11.4.